The molecule has 2 rings (SSSR count). The van der Waals surface area contributed by atoms with Gasteiger partial charge in [0, 0.05) is 11.4 Å². The molecule has 6 heteroatoms. The monoisotopic (exact) mass is 365 g/mol. The summed E-state index contributed by atoms with van der Waals surface area (Å²) in [6.07, 6.45) is 1.94. The molecule has 0 aliphatic heterocycles. The third kappa shape index (κ3) is 5.35. The molecule has 2 aromatic carbocycles. The van der Waals surface area contributed by atoms with Crippen LogP contribution in [0.2, 0.25) is 5.02 Å². The molecule has 0 spiro atoms. The van der Waals surface area contributed by atoms with Gasteiger partial charge in [0.2, 0.25) is 10.0 Å². The first-order valence-corrected chi connectivity index (χ1v) is 9.79. The average molecular weight is 366 g/mol. The van der Waals surface area contributed by atoms with E-state index in [1.807, 2.05) is 31.2 Å². The van der Waals surface area contributed by atoms with Crippen LogP contribution in [0.15, 0.2) is 48.5 Å². The van der Waals surface area contributed by atoms with Gasteiger partial charge in [-0.1, -0.05) is 41.4 Å². The summed E-state index contributed by atoms with van der Waals surface area (Å²) in [6.45, 7) is 1.77. The second-order valence-electron chi connectivity index (χ2n) is 5.77. The highest BCUT2D eigenvalue weighted by Gasteiger charge is 2.20. The number of Topliss-reactive ketones (excluding diaryl/α,β-unsaturated/α-hetero) is 1. The maximum atomic E-state index is 12.2. The Morgan fingerprint density at radius 2 is 1.62 bits per heavy atom. The molecule has 0 saturated heterocycles. The average Bonchev–Trinajstić information content (AvgIpc) is 2.52. The van der Waals surface area contributed by atoms with E-state index in [2.05, 4.69) is 0 Å². The zero-order valence-corrected chi connectivity index (χ0v) is 15.3. The topological polar surface area (TPSA) is 54.5 Å². The SMILES string of the molecule is Cc1ccc(N(CC(=O)CCc2ccc(Cl)cc2)S(C)(=O)=O)cc1. The Balaban J connectivity index is 2.05. The van der Waals surface area contributed by atoms with Gasteiger partial charge in [0.25, 0.3) is 0 Å². The first-order valence-electron chi connectivity index (χ1n) is 7.56. The molecule has 0 aliphatic carbocycles. The zero-order chi connectivity index (χ0) is 17.7. The van der Waals surface area contributed by atoms with Crippen LogP contribution in [0.25, 0.3) is 0 Å². The van der Waals surface area contributed by atoms with Crippen molar-refractivity contribution in [3.8, 4) is 0 Å². The van der Waals surface area contributed by atoms with Gasteiger partial charge in [0.1, 0.15) is 0 Å². The fourth-order valence-electron chi connectivity index (χ4n) is 2.29. The highest BCUT2D eigenvalue weighted by Crippen LogP contribution is 2.18. The van der Waals surface area contributed by atoms with Gasteiger partial charge >= 0.3 is 0 Å². The Labute approximate surface area is 148 Å². The second kappa shape index (κ2) is 7.81. The first kappa shape index (κ1) is 18.5. The van der Waals surface area contributed by atoms with E-state index >= 15 is 0 Å². The maximum absolute atomic E-state index is 12.2. The van der Waals surface area contributed by atoms with Crippen LogP contribution in [-0.2, 0) is 21.2 Å². The Morgan fingerprint density at radius 1 is 1.04 bits per heavy atom. The highest BCUT2D eigenvalue weighted by molar-refractivity contribution is 7.92. The van der Waals surface area contributed by atoms with Crippen molar-refractivity contribution in [2.75, 3.05) is 17.1 Å². The van der Waals surface area contributed by atoms with Crippen LogP contribution in [-0.4, -0.2) is 27.0 Å². The van der Waals surface area contributed by atoms with E-state index in [0.717, 1.165) is 21.7 Å². The predicted molar refractivity (Wildman–Crippen MR) is 98.1 cm³/mol. The van der Waals surface area contributed by atoms with Crippen molar-refractivity contribution in [1.29, 1.82) is 0 Å². The lowest BCUT2D eigenvalue weighted by Crippen LogP contribution is -2.35. The molecule has 0 radical (unpaired) electrons. The zero-order valence-electron chi connectivity index (χ0n) is 13.7. The summed E-state index contributed by atoms with van der Waals surface area (Å²) in [5.74, 6) is -0.129. The number of anilines is 1. The van der Waals surface area contributed by atoms with Crippen molar-refractivity contribution >= 4 is 33.1 Å². The minimum Gasteiger partial charge on any atom is -0.298 e. The quantitative estimate of drug-likeness (QED) is 0.753. The summed E-state index contributed by atoms with van der Waals surface area (Å²) < 4.78 is 25.2. The van der Waals surface area contributed by atoms with Crippen molar-refractivity contribution in [2.45, 2.75) is 19.8 Å². The van der Waals surface area contributed by atoms with Gasteiger partial charge in [-0.25, -0.2) is 8.42 Å². The van der Waals surface area contributed by atoms with Crippen molar-refractivity contribution in [3.05, 3.63) is 64.7 Å². The molecule has 0 heterocycles. The Kier molecular flexibility index (Phi) is 6.02. The standard InChI is InChI=1S/C18H20ClNO3S/c1-14-3-10-17(11-4-14)20(24(2,22)23)13-18(21)12-7-15-5-8-16(19)9-6-15/h3-6,8-11H,7,12-13H2,1-2H3. The number of carbonyl (C=O) groups excluding carboxylic acids is 1. The molecule has 0 atom stereocenters. The number of ketones is 1. The minimum atomic E-state index is -3.52. The molecule has 0 aromatic heterocycles. The lowest BCUT2D eigenvalue weighted by molar-refractivity contribution is -0.117. The number of carbonyl (C=O) groups is 1. The molecule has 0 aliphatic rings. The fraction of sp³-hybridized carbons (Fsp3) is 0.278. The van der Waals surface area contributed by atoms with E-state index in [4.69, 9.17) is 11.6 Å². The summed E-state index contributed by atoms with van der Waals surface area (Å²) >= 11 is 5.83. The summed E-state index contributed by atoms with van der Waals surface area (Å²) in [5, 5.41) is 0.646. The number of aryl methyl sites for hydroxylation is 2. The van der Waals surface area contributed by atoms with Crippen molar-refractivity contribution < 1.29 is 13.2 Å². The lowest BCUT2D eigenvalue weighted by atomic mass is 10.1. The van der Waals surface area contributed by atoms with Crippen LogP contribution in [0.3, 0.4) is 0 Å². The van der Waals surface area contributed by atoms with Gasteiger partial charge in [-0.2, -0.15) is 0 Å². The third-order valence-corrected chi connectivity index (χ3v) is 5.04. The van der Waals surface area contributed by atoms with Gasteiger partial charge in [-0.05, 0) is 43.2 Å². The molecule has 0 bridgehead atoms. The van der Waals surface area contributed by atoms with Crippen molar-refractivity contribution in [2.24, 2.45) is 0 Å². The lowest BCUT2D eigenvalue weighted by Gasteiger charge is -2.21. The summed E-state index contributed by atoms with van der Waals surface area (Å²) in [5.41, 5.74) is 2.53. The van der Waals surface area contributed by atoms with Gasteiger partial charge < -0.3 is 0 Å². The smallest absolute Gasteiger partial charge is 0.232 e. The molecule has 0 unspecified atom stereocenters. The number of hydrogen-bond donors (Lipinski definition) is 0. The van der Waals surface area contributed by atoms with Gasteiger partial charge in [-0.15, -0.1) is 0 Å². The van der Waals surface area contributed by atoms with Crippen LogP contribution >= 0.6 is 11.6 Å². The number of nitrogens with zero attached hydrogens (tertiary/aromatic N) is 1. The molecule has 0 N–H and O–H groups in total. The van der Waals surface area contributed by atoms with E-state index < -0.39 is 10.0 Å². The molecule has 24 heavy (non-hydrogen) atoms. The van der Waals surface area contributed by atoms with Crippen LogP contribution in [0, 0.1) is 6.92 Å². The number of hydrogen-bond acceptors (Lipinski definition) is 3. The van der Waals surface area contributed by atoms with Crippen LogP contribution in [0.1, 0.15) is 17.5 Å². The number of sulfonamides is 1. The molecule has 0 amide bonds. The first-order chi connectivity index (χ1) is 11.3. The predicted octanol–water partition coefficient (Wildman–Crippen LogP) is 3.62. The summed E-state index contributed by atoms with van der Waals surface area (Å²) in [6, 6.07) is 14.4. The van der Waals surface area contributed by atoms with Crippen LogP contribution in [0.5, 0.6) is 0 Å². The number of rotatable bonds is 7. The van der Waals surface area contributed by atoms with Gasteiger partial charge in [0.05, 0.1) is 18.5 Å². The van der Waals surface area contributed by atoms with E-state index in [1.165, 1.54) is 0 Å². The van der Waals surface area contributed by atoms with E-state index in [0.29, 0.717) is 17.1 Å². The maximum Gasteiger partial charge on any atom is 0.232 e. The van der Waals surface area contributed by atoms with E-state index in [-0.39, 0.29) is 18.7 Å². The van der Waals surface area contributed by atoms with Crippen molar-refractivity contribution in [3.63, 3.8) is 0 Å². The molecular weight excluding hydrogens is 346 g/mol. The summed E-state index contributed by atoms with van der Waals surface area (Å²) in [4.78, 5) is 12.2. The second-order valence-corrected chi connectivity index (χ2v) is 8.11. The van der Waals surface area contributed by atoms with Gasteiger partial charge in [0.15, 0.2) is 5.78 Å². The largest absolute Gasteiger partial charge is 0.298 e. The molecule has 128 valence electrons. The van der Waals surface area contributed by atoms with Crippen LogP contribution in [0.4, 0.5) is 5.69 Å². The van der Waals surface area contributed by atoms with Gasteiger partial charge in [-0.3, -0.25) is 9.10 Å². The minimum absolute atomic E-state index is 0.129. The molecular formula is C18H20ClNO3S. The van der Waals surface area contributed by atoms with Crippen LogP contribution < -0.4 is 4.31 Å². The Bertz CT molecular complexity index is 799. The molecule has 4 nitrogen and oxygen atoms in total. The highest BCUT2D eigenvalue weighted by atomic mass is 35.5. The van der Waals surface area contributed by atoms with Crippen molar-refractivity contribution in [1.82, 2.24) is 0 Å². The third-order valence-electron chi connectivity index (χ3n) is 3.65. The van der Waals surface area contributed by atoms with E-state index in [9.17, 15) is 13.2 Å². The molecule has 0 saturated carbocycles. The Hall–Kier alpha value is -1.85. The number of halogens is 1. The molecule has 2 aromatic rings. The van der Waals surface area contributed by atoms with E-state index in [1.54, 1.807) is 24.3 Å². The summed E-state index contributed by atoms with van der Waals surface area (Å²) in [7, 11) is -3.52. The normalized spacial score (nSPS) is 11.3. The Morgan fingerprint density at radius 3 is 2.17 bits per heavy atom. The molecule has 0 fully saturated rings. The number of benzene rings is 2. The fourth-order valence-corrected chi connectivity index (χ4v) is 3.29.